The normalized spacial score (nSPS) is 10.1. The van der Waals surface area contributed by atoms with Crippen molar-refractivity contribution in [3.05, 3.63) is 34.9 Å². The summed E-state index contributed by atoms with van der Waals surface area (Å²) in [6.45, 7) is 4.99. The second kappa shape index (κ2) is 4.94. The molecule has 0 saturated carbocycles. The van der Waals surface area contributed by atoms with Gasteiger partial charge in [-0.05, 0) is 25.0 Å². The van der Waals surface area contributed by atoms with Crippen molar-refractivity contribution < 1.29 is 4.79 Å². The number of amides is 1. The molecule has 1 aromatic rings. The Labute approximate surface area is 90.9 Å². The highest BCUT2D eigenvalue weighted by Crippen LogP contribution is 2.14. The molecular formula is C12H18N2O. The van der Waals surface area contributed by atoms with Gasteiger partial charge in [0.05, 0.1) is 0 Å². The van der Waals surface area contributed by atoms with Crippen LogP contribution in [0.4, 0.5) is 0 Å². The molecule has 3 heteroatoms. The van der Waals surface area contributed by atoms with Crippen molar-refractivity contribution in [1.29, 1.82) is 0 Å². The molecule has 0 aromatic heterocycles. The molecule has 0 atom stereocenters. The lowest BCUT2D eigenvalue weighted by atomic mass is 10.0. The number of carbonyl (C=O) groups excluding carboxylic acids is 1. The van der Waals surface area contributed by atoms with Gasteiger partial charge in [0.2, 0.25) is 0 Å². The molecule has 0 bridgehead atoms. The maximum atomic E-state index is 12.0. The summed E-state index contributed by atoms with van der Waals surface area (Å²) in [5.74, 6) is 0.0519. The minimum Gasteiger partial charge on any atom is -0.340 e. The van der Waals surface area contributed by atoms with Gasteiger partial charge in [0.25, 0.3) is 5.91 Å². The highest BCUT2D eigenvalue weighted by molar-refractivity contribution is 5.96. The SMILES string of the molecule is Cc1cccc(C)c1C(=O)N(C)CCN. The van der Waals surface area contributed by atoms with Crippen molar-refractivity contribution in [2.75, 3.05) is 20.1 Å². The van der Waals surface area contributed by atoms with Crippen molar-refractivity contribution in [2.45, 2.75) is 13.8 Å². The fourth-order valence-electron chi connectivity index (χ4n) is 1.64. The topological polar surface area (TPSA) is 46.3 Å². The summed E-state index contributed by atoms with van der Waals surface area (Å²) >= 11 is 0. The molecule has 0 saturated heterocycles. The van der Waals surface area contributed by atoms with E-state index in [9.17, 15) is 4.79 Å². The number of rotatable bonds is 3. The average molecular weight is 206 g/mol. The first-order valence-corrected chi connectivity index (χ1v) is 5.09. The van der Waals surface area contributed by atoms with E-state index in [1.54, 1.807) is 11.9 Å². The average Bonchev–Trinajstić information content (AvgIpc) is 2.17. The Kier molecular flexibility index (Phi) is 3.86. The van der Waals surface area contributed by atoms with Crippen LogP contribution in [0, 0.1) is 13.8 Å². The molecule has 1 rings (SSSR count). The van der Waals surface area contributed by atoms with Gasteiger partial charge in [0.1, 0.15) is 0 Å². The second-order valence-electron chi connectivity index (χ2n) is 3.78. The van der Waals surface area contributed by atoms with Crippen LogP contribution in [0.15, 0.2) is 18.2 Å². The van der Waals surface area contributed by atoms with Gasteiger partial charge in [-0.15, -0.1) is 0 Å². The molecule has 0 aliphatic carbocycles. The monoisotopic (exact) mass is 206 g/mol. The fourth-order valence-corrected chi connectivity index (χ4v) is 1.64. The molecule has 82 valence electrons. The van der Waals surface area contributed by atoms with Gasteiger partial charge in [-0.3, -0.25) is 4.79 Å². The van der Waals surface area contributed by atoms with Gasteiger partial charge >= 0.3 is 0 Å². The van der Waals surface area contributed by atoms with E-state index >= 15 is 0 Å². The van der Waals surface area contributed by atoms with E-state index in [-0.39, 0.29) is 5.91 Å². The number of benzene rings is 1. The molecule has 0 spiro atoms. The molecule has 0 radical (unpaired) electrons. The molecule has 0 heterocycles. The Morgan fingerprint density at radius 3 is 2.33 bits per heavy atom. The van der Waals surface area contributed by atoms with Crippen LogP contribution in [0.2, 0.25) is 0 Å². The van der Waals surface area contributed by atoms with Crippen LogP contribution in [0.1, 0.15) is 21.5 Å². The van der Waals surface area contributed by atoms with Crippen LogP contribution < -0.4 is 5.73 Å². The molecule has 0 fully saturated rings. The van der Waals surface area contributed by atoms with E-state index < -0.39 is 0 Å². The van der Waals surface area contributed by atoms with Gasteiger partial charge in [-0.1, -0.05) is 18.2 Å². The largest absolute Gasteiger partial charge is 0.340 e. The summed E-state index contributed by atoms with van der Waals surface area (Å²) < 4.78 is 0. The minimum absolute atomic E-state index is 0.0519. The Bertz CT molecular complexity index is 340. The van der Waals surface area contributed by atoms with Crippen molar-refractivity contribution in [3.8, 4) is 0 Å². The third kappa shape index (κ3) is 2.57. The molecule has 0 unspecified atom stereocenters. The zero-order chi connectivity index (χ0) is 11.4. The first-order chi connectivity index (χ1) is 7.07. The number of likely N-dealkylation sites (N-methyl/N-ethyl adjacent to an activating group) is 1. The van der Waals surface area contributed by atoms with E-state index in [4.69, 9.17) is 5.73 Å². The summed E-state index contributed by atoms with van der Waals surface area (Å²) in [6.07, 6.45) is 0. The van der Waals surface area contributed by atoms with Crippen molar-refractivity contribution in [2.24, 2.45) is 5.73 Å². The van der Waals surface area contributed by atoms with Crippen LogP contribution in [0.5, 0.6) is 0 Å². The van der Waals surface area contributed by atoms with E-state index in [1.807, 2.05) is 32.0 Å². The van der Waals surface area contributed by atoms with E-state index in [1.165, 1.54) is 0 Å². The van der Waals surface area contributed by atoms with Crippen LogP contribution in [0.3, 0.4) is 0 Å². The number of hydrogen-bond acceptors (Lipinski definition) is 2. The predicted molar refractivity (Wildman–Crippen MR) is 61.9 cm³/mol. The molecule has 2 N–H and O–H groups in total. The fraction of sp³-hybridized carbons (Fsp3) is 0.417. The zero-order valence-corrected chi connectivity index (χ0v) is 9.58. The molecule has 0 aliphatic rings. The van der Waals surface area contributed by atoms with Gasteiger partial charge in [0.15, 0.2) is 0 Å². The van der Waals surface area contributed by atoms with Crippen LogP contribution >= 0.6 is 0 Å². The van der Waals surface area contributed by atoms with Gasteiger partial charge in [-0.2, -0.15) is 0 Å². The Balaban J connectivity index is 3.00. The van der Waals surface area contributed by atoms with Crippen molar-refractivity contribution in [3.63, 3.8) is 0 Å². The summed E-state index contributed by atoms with van der Waals surface area (Å²) in [6, 6.07) is 5.87. The molecule has 1 aromatic carbocycles. The van der Waals surface area contributed by atoms with Crippen molar-refractivity contribution >= 4 is 5.91 Å². The van der Waals surface area contributed by atoms with Crippen LogP contribution in [0.25, 0.3) is 0 Å². The standard InChI is InChI=1S/C12H18N2O/c1-9-5-4-6-10(2)11(9)12(15)14(3)8-7-13/h4-6H,7-8,13H2,1-3H3. The highest BCUT2D eigenvalue weighted by atomic mass is 16.2. The Morgan fingerprint density at radius 1 is 1.33 bits per heavy atom. The zero-order valence-electron chi connectivity index (χ0n) is 9.58. The molecule has 3 nitrogen and oxygen atoms in total. The summed E-state index contributed by atoms with van der Waals surface area (Å²) in [5, 5.41) is 0. The molecule has 0 aliphatic heterocycles. The Hall–Kier alpha value is -1.35. The van der Waals surface area contributed by atoms with E-state index in [2.05, 4.69) is 0 Å². The van der Waals surface area contributed by atoms with Crippen LogP contribution in [-0.2, 0) is 0 Å². The lowest BCUT2D eigenvalue weighted by Crippen LogP contribution is -2.32. The predicted octanol–water partition coefficient (Wildman–Crippen LogP) is 1.33. The highest BCUT2D eigenvalue weighted by Gasteiger charge is 2.15. The number of carbonyl (C=O) groups is 1. The maximum absolute atomic E-state index is 12.0. The number of nitrogens with zero attached hydrogens (tertiary/aromatic N) is 1. The molecular weight excluding hydrogens is 188 g/mol. The number of nitrogens with two attached hydrogens (primary N) is 1. The lowest BCUT2D eigenvalue weighted by Gasteiger charge is -2.18. The second-order valence-corrected chi connectivity index (χ2v) is 3.78. The third-order valence-electron chi connectivity index (χ3n) is 2.51. The summed E-state index contributed by atoms with van der Waals surface area (Å²) in [4.78, 5) is 13.7. The van der Waals surface area contributed by atoms with E-state index in [0.717, 1.165) is 16.7 Å². The lowest BCUT2D eigenvalue weighted by molar-refractivity contribution is 0.0797. The Morgan fingerprint density at radius 2 is 1.87 bits per heavy atom. The van der Waals surface area contributed by atoms with Crippen LogP contribution in [-0.4, -0.2) is 30.9 Å². The number of hydrogen-bond donors (Lipinski definition) is 1. The quantitative estimate of drug-likeness (QED) is 0.811. The first-order valence-electron chi connectivity index (χ1n) is 5.09. The van der Waals surface area contributed by atoms with Gasteiger partial charge in [-0.25, -0.2) is 0 Å². The summed E-state index contributed by atoms with van der Waals surface area (Å²) in [7, 11) is 1.78. The minimum atomic E-state index is 0.0519. The molecule has 1 amide bonds. The smallest absolute Gasteiger partial charge is 0.254 e. The maximum Gasteiger partial charge on any atom is 0.254 e. The van der Waals surface area contributed by atoms with E-state index in [0.29, 0.717) is 13.1 Å². The molecule has 15 heavy (non-hydrogen) atoms. The third-order valence-corrected chi connectivity index (χ3v) is 2.51. The number of aryl methyl sites for hydroxylation is 2. The van der Waals surface area contributed by atoms with Gasteiger partial charge < -0.3 is 10.6 Å². The van der Waals surface area contributed by atoms with Crippen molar-refractivity contribution in [1.82, 2.24) is 4.90 Å². The first kappa shape index (κ1) is 11.7. The summed E-state index contributed by atoms with van der Waals surface area (Å²) in [5.41, 5.74) is 8.26. The van der Waals surface area contributed by atoms with Gasteiger partial charge in [0, 0.05) is 25.7 Å².